The summed E-state index contributed by atoms with van der Waals surface area (Å²) < 4.78 is 18.3. The number of rotatable bonds is 6. The highest BCUT2D eigenvalue weighted by molar-refractivity contribution is 9.09. The van der Waals surface area contributed by atoms with Crippen molar-refractivity contribution in [3.05, 3.63) is 29.0 Å². The summed E-state index contributed by atoms with van der Waals surface area (Å²) in [5.74, 6) is 0.828. The first-order valence-corrected chi connectivity index (χ1v) is 6.77. The molecule has 1 aromatic carbocycles. The third-order valence-electron chi connectivity index (χ3n) is 2.37. The second-order valence-electron chi connectivity index (χ2n) is 3.80. The molecule has 0 aliphatic carbocycles. The summed E-state index contributed by atoms with van der Waals surface area (Å²) >= 11 is 9.05. The van der Waals surface area contributed by atoms with Gasteiger partial charge >= 0.3 is 0 Å². The highest BCUT2D eigenvalue weighted by Gasteiger charge is 2.04. The molecule has 0 spiro atoms. The normalized spacial score (nSPS) is 12.5. The lowest BCUT2D eigenvalue weighted by atomic mass is 10.1. The van der Waals surface area contributed by atoms with Crippen LogP contribution in [0.25, 0.3) is 0 Å². The molecule has 0 saturated heterocycles. The number of hydrogen-bond donors (Lipinski definition) is 0. The molecule has 0 radical (unpaired) electrons. The van der Waals surface area contributed by atoms with Gasteiger partial charge in [-0.1, -0.05) is 34.5 Å². The summed E-state index contributed by atoms with van der Waals surface area (Å²) in [4.78, 5) is 0. The molecule has 0 N–H and O–H groups in total. The molecule has 0 fully saturated rings. The first-order chi connectivity index (χ1) is 7.63. The second kappa shape index (κ2) is 7.13. The highest BCUT2D eigenvalue weighted by Crippen LogP contribution is 2.21. The van der Waals surface area contributed by atoms with Crippen LogP contribution in [-0.2, 0) is 0 Å². The van der Waals surface area contributed by atoms with Crippen LogP contribution in [0, 0.1) is 11.7 Å². The number of alkyl halides is 1. The Labute approximate surface area is 109 Å². The van der Waals surface area contributed by atoms with Crippen LogP contribution in [0.15, 0.2) is 18.2 Å². The zero-order valence-corrected chi connectivity index (χ0v) is 11.5. The Kier molecular flexibility index (Phi) is 6.14. The molecular weight excluding hydrogens is 294 g/mol. The molecule has 0 saturated carbocycles. The topological polar surface area (TPSA) is 9.23 Å². The third kappa shape index (κ3) is 4.71. The molecule has 0 aromatic heterocycles. The van der Waals surface area contributed by atoms with Gasteiger partial charge in [0.15, 0.2) is 0 Å². The first kappa shape index (κ1) is 13.8. The maximum atomic E-state index is 12.9. The highest BCUT2D eigenvalue weighted by atomic mass is 79.9. The largest absolute Gasteiger partial charge is 0.494 e. The van der Waals surface area contributed by atoms with Gasteiger partial charge in [-0.15, -0.1) is 0 Å². The molecule has 0 amide bonds. The van der Waals surface area contributed by atoms with Crippen molar-refractivity contribution in [3.8, 4) is 5.75 Å². The molecule has 1 aromatic rings. The molecule has 16 heavy (non-hydrogen) atoms. The maximum absolute atomic E-state index is 12.9. The molecule has 0 aliphatic rings. The van der Waals surface area contributed by atoms with Gasteiger partial charge in [0.25, 0.3) is 0 Å². The zero-order valence-electron chi connectivity index (χ0n) is 9.18. The molecule has 4 heteroatoms. The number of hydrogen-bond acceptors (Lipinski definition) is 1. The number of benzene rings is 1. The minimum absolute atomic E-state index is 0.103. The van der Waals surface area contributed by atoms with Gasteiger partial charge in [-0.3, -0.25) is 0 Å². The Bertz CT molecular complexity index is 333. The Balaban J connectivity index is 2.34. The van der Waals surface area contributed by atoms with E-state index in [4.69, 9.17) is 16.3 Å². The fraction of sp³-hybridized carbons (Fsp3) is 0.500. The van der Waals surface area contributed by atoms with Crippen molar-refractivity contribution in [1.82, 2.24) is 0 Å². The van der Waals surface area contributed by atoms with E-state index in [1.807, 2.05) is 0 Å². The van der Waals surface area contributed by atoms with Gasteiger partial charge in [0, 0.05) is 11.4 Å². The summed E-state index contributed by atoms with van der Waals surface area (Å²) in [7, 11) is 0. The Morgan fingerprint density at radius 3 is 2.81 bits per heavy atom. The lowest BCUT2D eigenvalue weighted by Crippen LogP contribution is -2.04. The van der Waals surface area contributed by atoms with E-state index in [-0.39, 0.29) is 5.02 Å². The Morgan fingerprint density at radius 1 is 1.44 bits per heavy atom. The van der Waals surface area contributed by atoms with Crippen molar-refractivity contribution < 1.29 is 9.13 Å². The van der Waals surface area contributed by atoms with E-state index in [1.165, 1.54) is 12.1 Å². The van der Waals surface area contributed by atoms with Gasteiger partial charge in [0.1, 0.15) is 11.6 Å². The molecule has 0 bridgehead atoms. The second-order valence-corrected chi connectivity index (χ2v) is 5.00. The fourth-order valence-electron chi connectivity index (χ4n) is 1.28. The van der Waals surface area contributed by atoms with Crippen molar-refractivity contribution >= 4 is 27.5 Å². The van der Waals surface area contributed by atoms with Gasteiger partial charge < -0.3 is 4.74 Å². The van der Waals surface area contributed by atoms with Crippen LogP contribution >= 0.6 is 27.5 Å². The monoisotopic (exact) mass is 308 g/mol. The molecular formula is C12H15BrClFO. The van der Waals surface area contributed by atoms with Crippen LogP contribution in [0.3, 0.4) is 0 Å². The summed E-state index contributed by atoms with van der Waals surface area (Å²) in [6.45, 7) is 2.82. The van der Waals surface area contributed by atoms with Crippen LogP contribution in [-0.4, -0.2) is 11.9 Å². The van der Waals surface area contributed by atoms with Gasteiger partial charge in [0.05, 0.1) is 11.6 Å². The van der Waals surface area contributed by atoms with Crippen molar-refractivity contribution in [2.45, 2.75) is 19.8 Å². The number of ether oxygens (including phenoxy) is 1. The molecule has 1 nitrogen and oxygen atoms in total. The molecule has 90 valence electrons. The van der Waals surface area contributed by atoms with E-state index in [1.54, 1.807) is 6.07 Å². The van der Waals surface area contributed by atoms with Crippen LogP contribution in [0.1, 0.15) is 19.8 Å². The van der Waals surface area contributed by atoms with Gasteiger partial charge in [-0.05, 0) is 30.9 Å². The SMILES string of the molecule is CC(CCBr)CCOc1ccc(F)c(Cl)c1. The van der Waals surface area contributed by atoms with Gasteiger partial charge in [0.2, 0.25) is 0 Å². The fourth-order valence-corrected chi connectivity index (χ4v) is 2.23. The predicted molar refractivity (Wildman–Crippen MR) is 69.1 cm³/mol. The van der Waals surface area contributed by atoms with Crippen LogP contribution in [0.2, 0.25) is 5.02 Å². The molecule has 1 unspecified atom stereocenters. The van der Waals surface area contributed by atoms with Crippen molar-refractivity contribution in [2.24, 2.45) is 5.92 Å². The Hall–Kier alpha value is -0.280. The minimum atomic E-state index is -0.415. The number of halogens is 3. The van der Waals surface area contributed by atoms with E-state index >= 15 is 0 Å². The average molecular weight is 310 g/mol. The van der Waals surface area contributed by atoms with Crippen molar-refractivity contribution in [2.75, 3.05) is 11.9 Å². The average Bonchev–Trinajstić information content (AvgIpc) is 2.24. The zero-order chi connectivity index (χ0) is 12.0. The minimum Gasteiger partial charge on any atom is -0.494 e. The van der Waals surface area contributed by atoms with E-state index in [2.05, 4.69) is 22.9 Å². The lowest BCUT2D eigenvalue weighted by molar-refractivity contribution is 0.282. The molecule has 1 rings (SSSR count). The van der Waals surface area contributed by atoms with E-state index in [0.717, 1.165) is 18.2 Å². The summed E-state index contributed by atoms with van der Waals surface area (Å²) in [5, 5.41) is 1.11. The first-order valence-electron chi connectivity index (χ1n) is 5.27. The van der Waals surface area contributed by atoms with Crippen molar-refractivity contribution in [1.29, 1.82) is 0 Å². The van der Waals surface area contributed by atoms with Gasteiger partial charge in [-0.2, -0.15) is 0 Å². The van der Waals surface area contributed by atoms with Gasteiger partial charge in [-0.25, -0.2) is 4.39 Å². The van der Waals surface area contributed by atoms with Crippen LogP contribution in [0.5, 0.6) is 5.75 Å². The summed E-state index contributed by atoms with van der Waals surface area (Å²) in [5.41, 5.74) is 0. The predicted octanol–water partition coefficient (Wildman–Crippen LogP) is 4.67. The smallest absolute Gasteiger partial charge is 0.142 e. The summed E-state index contributed by atoms with van der Waals surface area (Å²) in [6.07, 6.45) is 2.12. The molecule has 0 heterocycles. The van der Waals surface area contributed by atoms with E-state index < -0.39 is 5.82 Å². The van der Waals surface area contributed by atoms with Crippen LogP contribution in [0.4, 0.5) is 4.39 Å². The molecule has 1 atom stereocenters. The maximum Gasteiger partial charge on any atom is 0.142 e. The quantitative estimate of drug-likeness (QED) is 0.694. The third-order valence-corrected chi connectivity index (χ3v) is 3.12. The van der Waals surface area contributed by atoms with Crippen LogP contribution < -0.4 is 4.74 Å². The van der Waals surface area contributed by atoms with E-state index in [9.17, 15) is 4.39 Å². The standard InChI is InChI=1S/C12H15BrClFO/c1-9(4-6-13)5-7-16-10-2-3-12(15)11(14)8-10/h2-3,8-9H,4-7H2,1H3. The summed E-state index contributed by atoms with van der Waals surface area (Å²) in [6, 6.07) is 4.42. The van der Waals surface area contributed by atoms with E-state index in [0.29, 0.717) is 18.3 Å². The molecule has 0 aliphatic heterocycles. The Morgan fingerprint density at radius 2 is 2.19 bits per heavy atom. The van der Waals surface area contributed by atoms with Crippen molar-refractivity contribution in [3.63, 3.8) is 0 Å². The lowest BCUT2D eigenvalue weighted by Gasteiger charge is -2.11.